The molecule has 1 unspecified atom stereocenters. The van der Waals surface area contributed by atoms with Crippen LogP contribution in [0.15, 0.2) is 29.4 Å². The highest BCUT2D eigenvalue weighted by molar-refractivity contribution is 7.89. The van der Waals surface area contributed by atoms with Crippen molar-refractivity contribution >= 4 is 27.3 Å². The lowest BCUT2D eigenvalue weighted by Crippen LogP contribution is -2.46. The molecule has 2 aromatic heterocycles. The number of sulfonamides is 1. The number of rotatable bonds is 6. The molecule has 0 saturated heterocycles. The molecule has 0 amide bonds. The van der Waals surface area contributed by atoms with Gasteiger partial charge in [0.1, 0.15) is 5.65 Å². The Morgan fingerprint density at radius 1 is 1.48 bits per heavy atom. The zero-order valence-corrected chi connectivity index (χ0v) is 13.4. The molecule has 2 heterocycles. The molecule has 21 heavy (non-hydrogen) atoms. The first kappa shape index (κ1) is 16.2. The smallest absolute Gasteiger partial charge is 0.260 e. The van der Waals surface area contributed by atoms with Crippen molar-refractivity contribution in [1.29, 1.82) is 0 Å². The van der Waals surface area contributed by atoms with Gasteiger partial charge in [0.05, 0.1) is 0 Å². The Morgan fingerprint density at radius 3 is 2.81 bits per heavy atom. The maximum absolute atomic E-state index is 12.6. The van der Waals surface area contributed by atoms with Crippen LogP contribution < -0.4 is 4.72 Å². The molecule has 6 nitrogen and oxygen atoms in total. The maximum atomic E-state index is 12.6. The first-order valence-corrected chi connectivity index (χ1v) is 8.46. The summed E-state index contributed by atoms with van der Waals surface area (Å²) in [4.78, 5) is 4.04. The van der Waals surface area contributed by atoms with Crippen LogP contribution in [0, 0.1) is 0 Å². The summed E-state index contributed by atoms with van der Waals surface area (Å²) in [6, 6.07) is 5.14. The normalized spacial score (nSPS) is 15.2. The van der Waals surface area contributed by atoms with Crippen LogP contribution in [0.2, 0.25) is 5.15 Å². The highest BCUT2D eigenvalue weighted by Gasteiger charge is 2.32. The van der Waals surface area contributed by atoms with E-state index in [1.54, 1.807) is 31.3 Å². The fraction of sp³-hybridized carbons (Fsp3) is 0.462. The lowest BCUT2D eigenvalue weighted by atomic mass is 9.97. The van der Waals surface area contributed by atoms with Crippen LogP contribution in [0.5, 0.6) is 0 Å². The number of hydrogen-bond acceptors (Lipinski definition) is 4. The third kappa shape index (κ3) is 3.21. The van der Waals surface area contributed by atoms with Gasteiger partial charge in [-0.3, -0.25) is 4.40 Å². The third-order valence-corrected chi connectivity index (χ3v) is 5.56. The largest absolute Gasteiger partial charge is 0.396 e. The molecule has 2 N–H and O–H groups in total. The second-order valence-electron chi connectivity index (χ2n) is 5.13. The second-order valence-corrected chi connectivity index (χ2v) is 7.09. The standard InChI is InChI=1S/C13H18ClN3O3S/c1-3-13(2,7-9-18)16-21(19,20)12-11(14)15-10-6-4-5-8-17(10)12/h4-6,8,16,18H,3,7,9H2,1-2H3. The number of nitrogens with zero attached hydrogens (tertiary/aromatic N) is 2. The fourth-order valence-electron chi connectivity index (χ4n) is 2.10. The van der Waals surface area contributed by atoms with Gasteiger partial charge in [-0.25, -0.2) is 18.1 Å². The summed E-state index contributed by atoms with van der Waals surface area (Å²) in [6.45, 7) is 3.50. The van der Waals surface area contributed by atoms with Gasteiger partial charge >= 0.3 is 0 Å². The number of fused-ring (bicyclic) bond motifs is 1. The van der Waals surface area contributed by atoms with E-state index in [0.29, 0.717) is 18.5 Å². The number of imidazole rings is 1. The minimum absolute atomic E-state index is 0.0730. The number of nitrogens with one attached hydrogen (secondary N) is 1. The van der Waals surface area contributed by atoms with Crippen LogP contribution in [0.4, 0.5) is 0 Å². The lowest BCUT2D eigenvalue weighted by molar-refractivity contribution is 0.233. The van der Waals surface area contributed by atoms with Gasteiger partial charge in [0, 0.05) is 18.3 Å². The number of aliphatic hydroxyl groups excluding tert-OH is 1. The highest BCUT2D eigenvalue weighted by atomic mass is 35.5. The van der Waals surface area contributed by atoms with Gasteiger partial charge in [0.25, 0.3) is 10.0 Å². The predicted molar refractivity (Wildman–Crippen MR) is 80.9 cm³/mol. The minimum Gasteiger partial charge on any atom is -0.396 e. The van der Waals surface area contributed by atoms with E-state index in [1.807, 2.05) is 6.92 Å². The van der Waals surface area contributed by atoms with Gasteiger partial charge in [0.15, 0.2) is 10.2 Å². The average molecular weight is 332 g/mol. The van der Waals surface area contributed by atoms with Crippen molar-refractivity contribution in [1.82, 2.24) is 14.1 Å². The molecule has 0 bridgehead atoms. The Balaban J connectivity index is 2.50. The quantitative estimate of drug-likeness (QED) is 0.845. The van der Waals surface area contributed by atoms with Crippen molar-refractivity contribution in [3.63, 3.8) is 0 Å². The Kier molecular flexibility index (Phi) is 4.57. The Morgan fingerprint density at radius 2 is 2.19 bits per heavy atom. The van der Waals surface area contributed by atoms with Gasteiger partial charge in [-0.1, -0.05) is 24.6 Å². The van der Waals surface area contributed by atoms with E-state index in [0.717, 1.165) is 0 Å². The number of aliphatic hydroxyl groups is 1. The van der Waals surface area contributed by atoms with E-state index < -0.39 is 15.6 Å². The van der Waals surface area contributed by atoms with Crippen molar-refractivity contribution < 1.29 is 13.5 Å². The molecular formula is C13H18ClN3O3S. The predicted octanol–water partition coefficient (Wildman–Crippen LogP) is 1.82. The Hall–Kier alpha value is -1.15. The van der Waals surface area contributed by atoms with Gasteiger partial charge in [-0.15, -0.1) is 0 Å². The molecule has 0 radical (unpaired) electrons. The molecule has 0 aliphatic rings. The molecule has 2 rings (SSSR count). The molecule has 116 valence electrons. The molecule has 0 aliphatic heterocycles. The van der Waals surface area contributed by atoms with E-state index in [2.05, 4.69) is 9.71 Å². The SMILES string of the molecule is CCC(C)(CCO)NS(=O)(=O)c1c(Cl)nc2ccccn12. The van der Waals surface area contributed by atoms with Crippen molar-refractivity contribution in [3.8, 4) is 0 Å². The van der Waals surface area contributed by atoms with E-state index in [1.165, 1.54) is 4.40 Å². The molecule has 1 atom stereocenters. The molecular weight excluding hydrogens is 314 g/mol. The molecule has 0 saturated carbocycles. The number of halogens is 1. The Bertz CT molecular complexity index is 744. The first-order chi connectivity index (χ1) is 9.83. The van der Waals surface area contributed by atoms with Crippen molar-refractivity contribution in [2.75, 3.05) is 6.61 Å². The molecule has 0 fully saturated rings. The van der Waals surface area contributed by atoms with E-state index in [9.17, 15) is 8.42 Å². The molecule has 8 heteroatoms. The van der Waals surface area contributed by atoms with Gasteiger partial charge < -0.3 is 5.11 Å². The van der Waals surface area contributed by atoms with E-state index in [4.69, 9.17) is 16.7 Å². The van der Waals surface area contributed by atoms with Crippen molar-refractivity contribution in [2.45, 2.75) is 37.3 Å². The summed E-state index contributed by atoms with van der Waals surface area (Å²) >= 11 is 6.00. The summed E-state index contributed by atoms with van der Waals surface area (Å²) in [5.74, 6) is 0. The molecule has 0 aromatic carbocycles. The maximum Gasteiger partial charge on any atom is 0.260 e. The van der Waals surface area contributed by atoms with Crippen molar-refractivity contribution in [2.24, 2.45) is 0 Å². The van der Waals surface area contributed by atoms with E-state index >= 15 is 0 Å². The lowest BCUT2D eigenvalue weighted by Gasteiger charge is -2.28. The van der Waals surface area contributed by atoms with Gasteiger partial charge in [0.2, 0.25) is 0 Å². The summed E-state index contributed by atoms with van der Waals surface area (Å²) in [5, 5.41) is 8.95. The van der Waals surface area contributed by atoms with Crippen molar-refractivity contribution in [3.05, 3.63) is 29.5 Å². The number of pyridine rings is 1. The monoisotopic (exact) mass is 331 g/mol. The van der Waals surface area contributed by atoms with Crippen LogP contribution >= 0.6 is 11.6 Å². The second kappa shape index (κ2) is 5.92. The summed E-state index contributed by atoms with van der Waals surface area (Å²) < 4.78 is 29.3. The summed E-state index contributed by atoms with van der Waals surface area (Å²) in [5.41, 5.74) is -0.279. The van der Waals surface area contributed by atoms with Crippen LogP contribution in [0.25, 0.3) is 5.65 Å². The van der Waals surface area contributed by atoms with Gasteiger partial charge in [-0.2, -0.15) is 0 Å². The van der Waals surface area contributed by atoms with Crippen LogP contribution in [-0.2, 0) is 10.0 Å². The minimum atomic E-state index is -3.86. The Labute approximate surface area is 128 Å². The highest BCUT2D eigenvalue weighted by Crippen LogP contribution is 2.25. The molecule has 0 spiro atoms. The summed E-state index contributed by atoms with van der Waals surface area (Å²) in [7, 11) is -3.86. The third-order valence-electron chi connectivity index (χ3n) is 3.53. The molecule has 2 aromatic rings. The first-order valence-electron chi connectivity index (χ1n) is 6.60. The van der Waals surface area contributed by atoms with E-state index in [-0.39, 0.29) is 16.8 Å². The molecule has 0 aliphatic carbocycles. The van der Waals surface area contributed by atoms with Gasteiger partial charge in [-0.05, 0) is 31.9 Å². The number of aromatic nitrogens is 2. The zero-order chi connectivity index (χ0) is 15.7. The van der Waals surface area contributed by atoms with Crippen LogP contribution in [-0.4, -0.2) is 35.1 Å². The average Bonchev–Trinajstić information content (AvgIpc) is 2.74. The zero-order valence-electron chi connectivity index (χ0n) is 11.9. The van der Waals surface area contributed by atoms with Crippen LogP contribution in [0.3, 0.4) is 0 Å². The number of hydrogen-bond donors (Lipinski definition) is 2. The topological polar surface area (TPSA) is 83.7 Å². The van der Waals surface area contributed by atoms with Crippen LogP contribution in [0.1, 0.15) is 26.7 Å². The fourth-order valence-corrected chi connectivity index (χ4v) is 4.26. The summed E-state index contributed by atoms with van der Waals surface area (Å²) in [6.07, 6.45) is 2.45.